The Bertz CT molecular complexity index is 864. The van der Waals surface area contributed by atoms with E-state index < -0.39 is 51.7 Å². The third-order valence-corrected chi connectivity index (χ3v) is 3.65. The van der Waals surface area contributed by atoms with E-state index in [-0.39, 0.29) is 6.54 Å². The summed E-state index contributed by atoms with van der Waals surface area (Å²) in [6.07, 6.45) is -5.47. The van der Waals surface area contributed by atoms with Crippen LogP contribution in [0.1, 0.15) is 37.7 Å². The van der Waals surface area contributed by atoms with E-state index in [1.165, 1.54) is 12.1 Å². The average molecular weight is 425 g/mol. The number of halogens is 6. The molecule has 1 aromatic carbocycles. The normalized spacial score (nSPS) is 11.9. The molecule has 0 saturated carbocycles. The maximum atomic E-state index is 13.6. The number of carboxylic acids is 2. The first-order valence-electron chi connectivity index (χ1n) is 7.30. The number of pyridine rings is 1. The molecule has 150 valence electrons. The van der Waals surface area contributed by atoms with Crippen molar-refractivity contribution in [2.45, 2.75) is 18.1 Å². The predicted molar refractivity (Wildman–Crippen MR) is 86.7 cm³/mol. The number of alkyl halides is 6. The van der Waals surface area contributed by atoms with Crippen molar-refractivity contribution in [1.29, 1.82) is 0 Å². The molecule has 2 rings (SSSR count). The van der Waals surface area contributed by atoms with Gasteiger partial charge in [0.1, 0.15) is 16.8 Å². The number of benzene rings is 1. The first-order chi connectivity index (χ1) is 12.8. The zero-order valence-electron chi connectivity index (χ0n) is 13.5. The maximum absolute atomic E-state index is 13.6. The van der Waals surface area contributed by atoms with Crippen molar-refractivity contribution in [2.75, 3.05) is 5.32 Å². The molecule has 0 saturated heterocycles. The number of rotatable bonds is 6. The number of hydrogen-bond acceptors (Lipinski definition) is 4. The lowest BCUT2D eigenvalue weighted by Gasteiger charge is -2.21. The third-order valence-electron chi connectivity index (χ3n) is 3.47. The van der Waals surface area contributed by atoms with Crippen molar-refractivity contribution in [3.63, 3.8) is 0 Å². The molecule has 6 nitrogen and oxygen atoms in total. The molecule has 0 aliphatic rings. The van der Waals surface area contributed by atoms with Gasteiger partial charge in [0.05, 0.1) is 5.69 Å². The molecule has 0 fully saturated rings. The molecule has 0 amide bonds. The largest absolute Gasteiger partial charge is 0.478 e. The molecule has 1 aromatic heterocycles. The van der Waals surface area contributed by atoms with E-state index in [1.807, 2.05) is 0 Å². The number of aromatic carboxylic acids is 2. The number of carboxylic acid groups (broad SMARTS) is 2. The Hall–Kier alpha value is -2.95. The van der Waals surface area contributed by atoms with Gasteiger partial charge in [-0.2, -0.15) is 22.0 Å². The van der Waals surface area contributed by atoms with Crippen LogP contribution in [0.3, 0.4) is 0 Å². The van der Waals surface area contributed by atoms with Gasteiger partial charge in [0.2, 0.25) is 0 Å². The van der Waals surface area contributed by atoms with Gasteiger partial charge >= 0.3 is 23.5 Å². The first kappa shape index (κ1) is 21.4. The van der Waals surface area contributed by atoms with E-state index in [2.05, 4.69) is 10.3 Å². The van der Waals surface area contributed by atoms with Crippen molar-refractivity contribution < 1.29 is 41.8 Å². The lowest BCUT2D eigenvalue weighted by atomic mass is 10.0. The summed E-state index contributed by atoms with van der Waals surface area (Å²) in [4.78, 5) is 25.5. The van der Waals surface area contributed by atoms with Gasteiger partial charge in [-0.1, -0.05) is 30.3 Å². The van der Waals surface area contributed by atoms with Crippen LogP contribution in [0.25, 0.3) is 0 Å². The number of nitrogens with one attached hydrogen (secondary N) is 1. The summed E-state index contributed by atoms with van der Waals surface area (Å²) in [7, 11) is 0. The highest BCUT2D eigenvalue weighted by Gasteiger charge is 2.46. The van der Waals surface area contributed by atoms with Crippen LogP contribution in [0.4, 0.5) is 27.6 Å². The SMILES string of the molecule is O=C(O)c1c(C(F)(F)F)nc(C(F)(F)Cl)c(C(=O)O)c1NCc1ccccc1. The third kappa shape index (κ3) is 4.47. The number of carbonyl (C=O) groups is 2. The fraction of sp³-hybridized carbons (Fsp3) is 0.188. The van der Waals surface area contributed by atoms with Gasteiger partial charge in [-0.3, -0.25) is 0 Å². The standard InChI is InChI=1S/C16H10ClF5N2O4/c17-15(18,19)11-8(13(25)26)10(23-6-7-4-2-1-3-5-7)9(14(27)28)12(24-11)16(20,21)22/h1-5H,6H2,(H,23,24)(H,25,26)(H,27,28). The fourth-order valence-electron chi connectivity index (χ4n) is 2.38. The molecule has 28 heavy (non-hydrogen) atoms. The van der Waals surface area contributed by atoms with Crippen LogP contribution in [-0.2, 0) is 18.1 Å². The molecule has 1 heterocycles. The Morgan fingerprint density at radius 1 is 0.964 bits per heavy atom. The van der Waals surface area contributed by atoms with Crippen molar-refractivity contribution in [2.24, 2.45) is 0 Å². The number of aromatic nitrogens is 1. The second kappa shape index (κ2) is 7.58. The van der Waals surface area contributed by atoms with E-state index in [4.69, 9.17) is 11.6 Å². The Morgan fingerprint density at radius 3 is 1.89 bits per heavy atom. The van der Waals surface area contributed by atoms with Gasteiger partial charge in [-0.15, -0.1) is 0 Å². The second-order valence-corrected chi connectivity index (χ2v) is 5.85. The molecule has 0 radical (unpaired) electrons. The summed E-state index contributed by atoms with van der Waals surface area (Å²) < 4.78 is 67.0. The molecule has 0 aliphatic carbocycles. The zero-order chi connectivity index (χ0) is 21.3. The Balaban J connectivity index is 2.83. The van der Waals surface area contributed by atoms with Crippen LogP contribution in [0.5, 0.6) is 0 Å². The monoisotopic (exact) mass is 424 g/mol. The van der Waals surface area contributed by atoms with Gasteiger partial charge in [-0.05, 0) is 17.2 Å². The Kier molecular flexibility index (Phi) is 5.78. The van der Waals surface area contributed by atoms with E-state index in [1.54, 1.807) is 18.2 Å². The number of anilines is 1. The molecule has 0 bridgehead atoms. The first-order valence-corrected chi connectivity index (χ1v) is 7.68. The minimum atomic E-state index is -5.47. The van der Waals surface area contributed by atoms with Gasteiger partial charge in [0.25, 0.3) is 0 Å². The molecular weight excluding hydrogens is 415 g/mol. The summed E-state index contributed by atoms with van der Waals surface area (Å²) in [6, 6.07) is 7.72. The molecule has 0 atom stereocenters. The number of nitrogens with zero attached hydrogens (tertiary/aromatic N) is 1. The minimum Gasteiger partial charge on any atom is -0.478 e. The topological polar surface area (TPSA) is 99.5 Å². The van der Waals surface area contributed by atoms with Crippen LogP contribution in [0.15, 0.2) is 30.3 Å². The lowest BCUT2D eigenvalue weighted by Crippen LogP contribution is -2.26. The van der Waals surface area contributed by atoms with Crippen molar-refractivity contribution in [3.05, 3.63) is 58.4 Å². The fourth-order valence-corrected chi connectivity index (χ4v) is 2.51. The zero-order valence-corrected chi connectivity index (χ0v) is 14.3. The summed E-state index contributed by atoms with van der Waals surface area (Å²) in [5.41, 5.74) is -7.96. The van der Waals surface area contributed by atoms with E-state index in [9.17, 15) is 41.8 Å². The van der Waals surface area contributed by atoms with Crippen LogP contribution >= 0.6 is 11.6 Å². The Morgan fingerprint density at radius 2 is 1.46 bits per heavy atom. The van der Waals surface area contributed by atoms with Gasteiger partial charge < -0.3 is 15.5 Å². The maximum Gasteiger partial charge on any atom is 0.434 e. The highest BCUT2D eigenvalue weighted by Crippen LogP contribution is 2.42. The van der Waals surface area contributed by atoms with Gasteiger partial charge in [0, 0.05) is 6.54 Å². The van der Waals surface area contributed by atoms with E-state index >= 15 is 0 Å². The highest BCUT2D eigenvalue weighted by atomic mass is 35.5. The molecular formula is C16H10ClF5N2O4. The van der Waals surface area contributed by atoms with Crippen molar-refractivity contribution >= 4 is 29.2 Å². The molecule has 0 aliphatic heterocycles. The number of hydrogen-bond donors (Lipinski definition) is 3. The van der Waals surface area contributed by atoms with Crippen molar-refractivity contribution in [3.8, 4) is 0 Å². The van der Waals surface area contributed by atoms with Crippen LogP contribution in [0, 0.1) is 0 Å². The average Bonchev–Trinajstić information content (AvgIpc) is 2.57. The second-order valence-electron chi connectivity index (χ2n) is 5.38. The van der Waals surface area contributed by atoms with Gasteiger partial charge in [0.15, 0.2) is 5.69 Å². The highest BCUT2D eigenvalue weighted by molar-refractivity contribution is 6.22. The molecule has 12 heteroatoms. The van der Waals surface area contributed by atoms with Crippen LogP contribution < -0.4 is 5.32 Å². The summed E-state index contributed by atoms with van der Waals surface area (Å²) in [5, 5.41) is 16.1. The summed E-state index contributed by atoms with van der Waals surface area (Å²) in [6.45, 7) is -0.351. The molecule has 2 aromatic rings. The molecule has 0 unspecified atom stereocenters. The molecule has 3 N–H and O–H groups in total. The predicted octanol–water partition coefficient (Wildman–Crippen LogP) is 4.40. The smallest absolute Gasteiger partial charge is 0.434 e. The lowest BCUT2D eigenvalue weighted by molar-refractivity contribution is -0.142. The van der Waals surface area contributed by atoms with Gasteiger partial charge in [-0.25, -0.2) is 14.6 Å². The summed E-state index contributed by atoms with van der Waals surface area (Å²) >= 11 is 4.75. The quantitative estimate of drug-likeness (QED) is 0.469. The summed E-state index contributed by atoms with van der Waals surface area (Å²) in [5.74, 6) is -4.34. The minimum absolute atomic E-state index is 0.351. The Labute approximate surface area is 158 Å². The van der Waals surface area contributed by atoms with E-state index in [0.29, 0.717) is 5.56 Å². The van der Waals surface area contributed by atoms with Crippen molar-refractivity contribution in [1.82, 2.24) is 4.98 Å². The van der Waals surface area contributed by atoms with Crippen LogP contribution in [0.2, 0.25) is 0 Å². The molecule has 0 spiro atoms. The van der Waals surface area contributed by atoms with E-state index in [0.717, 1.165) is 0 Å². The van der Waals surface area contributed by atoms with Crippen LogP contribution in [-0.4, -0.2) is 27.1 Å².